The van der Waals surface area contributed by atoms with E-state index < -0.39 is 23.6 Å². The SMILES string of the molecule is CNC(CC1CCOCC1)c1cc(F)ccc1C(F)(F)F. The van der Waals surface area contributed by atoms with Crippen LogP contribution in [0.2, 0.25) is 0 Å². The van der Waals surface area contributed by atoms with Crippen molar-refractivity contribution >= 4 is 0 Å². The highest BCUT2D eigenvalue weighted by atomic mass is 19.4. The van der Waals surface area contributed by atoms with Crippen LogP contribution in [0.25, 0.3) is 0 Å². The largest absolute Gasteiger partial charge is 0.416 e. The van der Waals surface area contributed by atoms with Crippen LogP contribution in [0.15, 0.2) is 18.2 Å². The summed E-state index contributed by atoms with van der Waals surface area (Å²) in [6.45, 7) is 1.27. The van der Waals surface area contributed by atoms with Crippen molar-refractivity contribution in [3.63, 3.8) is 0 Å². The van der Waals surface area contributed by atoms with Gasteiger partial charge in [-0.1, -0.05) is 0 Å². The van der Waals surface area contributed by atoms with E-state index in [4.69, 9.17) is 4.74 Å². The van der Waals surface area contributed by atoms with Gasteiger partial charge in [-0.05, 0) is 56.0 Å². The fourth-order valence-electron chi connectivity index (χ4n) is 2.80. The number of ether oxygens (including phenoxy) is 1. The van der Waals surface area contributed by atoms with Gasteiger partial charge in [0, 0.05) is 19.3 Å². The summed E-state index contributed by atoms with van der Waals surface area (Å²) in [5.74, 6) is -0.356. The number of benzene rings is 1. The quantitative estimate of drug-likeness (QED) is 0.851. The monoisotopic (exact) mass is 305 g/mol. The third-order valence-electron chi connectivity index (χ3n) is 3.95. The molecule has 0 spiro atoms. The molecule has 2 nitrogen and oxygen atoms in total. The Morgan fingerprint density at radius 3 is 2.52 bits per heavy atom. The summed E-state index contributed by atoms with van der Waals surface area (Å²) < 4.78 is 57.9. The molecule has 2 rings (SSSR count). The van der Waals surface area contributed by atoms with Crippen LogP contribution in [-0.4, -0.2) is 20.3 Å². The summed E-state index contributed by atoms with van der Waals surface area (Å²) in [7, 11) is 1.61. The Morgan fingerprint density at radius 1 is 1.29 bits per heavy atom. The van der Waals surface area contributed by atoms with Crippen LogP contribution >= 0.6 is 0 Å². The first-order chi connectivity index (χ1) is 9.91. The molecule has 1 aromatic rings. The second kappa shape index (κ2) is 6.75. The van der Waals surface area contributed by atoms with E-state index >= 15 is 0 Å². The predicted octanol–water partition coefficient (Wildman–Crippen LogP) is 3.92. The summed E-state index contributed by atoms with van der Waals surface area (Å²) in [5, 5.41) is 2.90. The molecule has 1 aliphatic rings. The molecule has 0 bridgehead atoms. The van der Waals surface area contributed by atoms with E-state index in [0.29, 0.717) is 25.6 Å². The molecule has 1 fully saturated rings. The summed E-state index contributed by atoms with van der Waals surface area (Å²) in [6, 6.07) is 2.15. The summed E-state index contributed by atoms with van der Waals surface area (Å²) in [4.78, 5) is 0. The highest BCUT2D eigenvalue weighted by Crippen LogP contribution is 2.37. The number of halogens is 4. The van der Waals surface area contributed by atoms with Crippen molar-refractivity contribution in [2.24, 2.45) is 5.92 Å². The molecule has 0 radical (unpaired) electrons. The number of hydrogen-bond donors (Lipinski definition) is 1. The van der Waals surface area contributed by atoms with Gasteiger partial charge < -0.3 is 10.1 Å². The molecule has 6 heteroatoms. The van der Waals surface area contributed by atoms with Gasteiger partial charge >= 0.3 is 6.18 Å². The van der Waals surface area contributed by atoms with Gasteiger partial charge in [0.05, 0.1) is 5.56 Å². The van der Waals surface area contributed by atoms with E-state index in [1.807, 2.05) is 0 Å². The van der Waals surface area contributed by atoms with Crippen molar-refractivity contribution in [3.8, 4) is 0 Å². The van der Waals surface area contributed by atoms with Crippen LogP contribution < -0.4 is 5.32 Å². The number of alkyl halides is 3. The Bertz CT molecular complexity index is 469. The fourth-order valence-corrected chi connectivity index (χ4v) is 2.80. The topological polar surface area (TPSA) is 21.3 Å². The maximum atomic E-state index is 13.4. The minimum atomic E-state index is -4.48. The van der Waals surface area contributed by atoms with Gasteiger partial charge in [-0.25, -0.2) is 4.39 Å². The molecular weight excluding hydrogens is 286 g/mol. The zero-order valence-corrected chi connectivity index (χ0v) is 11.8. The molecule has 21 heavy (non-hydrogen) atoms. The van der Waals surface area contributed by atoms with Gasteiger partial charge in [-0.2, -0.15) is 13.2 Å². The average Bonchev–Trinajstić information content (AvgIpc) is 2.44. The Hall–Kier alpha value is -1.14. The molecular formula is C15H19F4NO. The van der Waals surface area contributed by atoms with Gasteiger partial charge in [-0.15, -0.1) is 0 Å². The van der Waals surface area contributed by atoms with E-state index in [-0.39, 0.29) is 5.56 Å². The second-order valence-electron chi connectivity index (χ2n) is 5.36. The van der Waals surface area contributed by atoms with E-state index in [9.17, 15) is 17.6 Å². The first-order valence-corrected chi connectivity index (χ1v) is 7.03. The molecule has 1 aromatic carbocycles. The number of rotatable bonds is 4. The Labute approximate surface area is 121 Å². The lowest BCUT2D eigenvalue weighted by Crippen LogP contribution is -2.26. The summed E-state index contributed by atoms with van der Waals surface area (Å²) >= 11 is 0. The van der Waals surface area contributed by atoms with Crippen molar-refractivity contribution in [3.05, 3.63) is 35.1 Å². The molecule has 1 heterocycles. The molecule has 1 N–H and O–H groups in total. The van der Waals surface area contributed by atoms with Gasteiger partial charge in [0.25, 0.3) is 0 Å². The number of hydrogen-bond acceptors (Lipinski definition) is 2. The van der Waals surface area contributed by atoms with Crippen LogP contribution in [0, 0.1) is 11.7 Å². The zero-order chi connectivity index (χ0) is 15.5. The molecule has 0 aromatic heterocycles. The highest BCUT2D eigenvalue weighted by Gasteiger charge is 2.35. The second-order valence-corrected chi connectivity index (χ2v) is 5.36. The standard InChI is InChI=1S/C15H19F4NO/c1-20-14(8-10-4-6-21-7-5-10)12-9-11(16)2-3-13(12)15(17,18)19/h2-3,9-10,14,20H,4-8H2,1H3. The third kappa shape index (κ3) is 4.17. The van der Waals surface area contributed by atoms with Crippen LogP contribution in [0.4, 0.5) is 17.6 Å². The normalized spacial score (nSPS) is 18.7. The molecule has 1 unspecified atom stereocenters. The molecule has 1 atom stereocenters. The van der Waals surface area contributed by atoms with Crippen molar-refractivity contribution < 1.29 is 22.3 Å². The molecule has 1 aliphatic heterocycles. The predicted molar refractivity (Wildman–Crippen MR) is 71.4 cm³/mol. The minimum absolute atomic E-state index is 0.0171. The lowest BCUT2D eigenvalue weighted by atomic mass is 9.87. The van der Waals surface area contributed by atoms with E-state index in [2.05, 4.69) is 5.32 Å². The Kier molecular flexibility index (Phi) is 5.22. The lowest BCUT2D eigenvalue weighted by molar-refractivity contribution is -0.138. The third-order valence-corrected chi connectivity index (χ3v) is 3.95. The van der Waals surface area contributed by atoms with Crippen LogP contribution in [0.3, 0.4) is 0 Å². The smallest absolute Gasteiger partial charge is 0.381 e. The van der Waals surface area contributed by atoms with Crippen molar-refractivity contribution in [1.29, 1.82) is 0 Å². The summed E-state index contributed by atoms with van der Waals surface area (Å²) in [5.41, 5.74) is -0.785. The van der Waals surface area contributed by atoms with E-state index in [1.54, 1.807) is 7.05 Å². The maximum absolute atomic E-state index is 13.4. The highest BCUT2D eigenvalue weighted by molar-refractivity contribution is 5.33. The van der Waals surface area contributed by atoms with Crippen molar-refractivity contribution in [2.45, 2.75) is 31.5 Å². The Balaban J connectivity index is 2.25. The summed E-state index contributed by atoms with van der Waals surface area (Å²) in [6.07, 6.45) is -2.27. The van der Waals surface area contributed by atoms with Crippen molar-refractivity contribution in [2.75, 3.05) is 20.3 Å². The van der Waals surface area contributed by atoms with Crippen LogP contribution in [-0.2, 0) is 10.9 Å². The fraction of sp³-hybridized carbons (Fsp3) is 0.600. The maximum Gasteiger partial charge on any atom is 0.416 e. The lowest BCUT2D eigenvalue weighted by Gasteiger charge is -2.28. The molecule has 0 amide bonds. The Morgan fingerprint density at radius 2 is 1.95 bits per heavy atom. The van der Waals surface area contributed by atoms with Crippen molar-refractivity contribution in [1.82, 2.24) is 5.32 Å². The molecule has 0 aliphatic carbocycles. The zero-order valence-electron chi connectivity index (χ0n) is 11.8. The first-order valence-electron chi connectivity index (χ1n) is 7.03. The molecule has 1 saturated heterocycles. The van der Waals surface area contributed by atoms with Gasteiger partial charge in [0.1, 0.15) is 5.82 Å². The van der Waals surface area contributed by atoms with Crippen LogP contribution in [0.1, 0.15) is 36.4 Å². The van der Waals surface area contributed by atoms with Gasteiger partial charge in [-0.3, -0.25) is 0 Å². The van der Waals surface area contributed by atoms with Gasteiger partial charge in [0.2, 0.25) is 0 Å². The van der Waals surface area contributed by atoms with E-state index in [1.165, 1.54) is 0 Å². The number of nitrogens with one attached hydrogen (secondary N) is 1. The average molecular weight is 305 g/mol. The molecule has 0 saturated carbocycles. The molecule has 118 valence electrons. The van der Waals surface area contributed by atoms with Crippen LogP contribution in [0.5, 0.6) is 0 Å². The van der Waals surface area contributed by atoms with Gasteiger partial charge in [0.15, 0.2) is 0 Å². The minimum Gasteiger partial charge on any atom is -0.381 e. The van der Waals surface area contributed by atoms with E-state index in [0.717, 1.165) is 31.0 Å². The first kappa shape index (κ1) is 16.2.